The van der Waals surface area contributed by atoms with Crippen molar-refractivity contribution in [2.45, 2.75) is 32.6 Å². The van der Waals surface area contributed by atoms with Gasteiger partial charge in [-0.05, 0) is 25.3 Å². The zero-order valence-corrected chi connectivity index (χ0v) is 7.13. The Labute approximate surface area is 71.4 Å². The molecule has 0 atom stereocenters. The molecule has 3 heteroatoms. The molecule has 0 bridgehead atoms. The number of allylic oxidation sites excluding steroid dienone is 2. The van der Waals surface area contributed by atoms with Crippen molar-refractivity contribution in [1.29, 1.82) is 0 Å². The largest absolute Gasteiger partial charge is 0.426 e. The van der Waals surface area contributed by atoms with E-state index in [9.17, 15) is 9.59 Å². The molecule has 0 aliphatic heterocycles. The van der Waals surface area contributed by atoms with E-state index >= 15 is 0 Å². The number of esters is 1. The molecular formula is C9H12O3. The van der Waals surface area contributed by atoms with E-state index < -0.39 is 11.8 Å². The monoisotopic (exact) mass is 168 g/mol. The van der Waals surface area contributed by atoms with Gasteiger partial charge in [-0.2, -0.15) is 0 Å². The molecule has 0 aromatic carbocycles. The summed E-state index contributed by atoms with van der Waals surface area (Å²) >= 11 is 0. The van der Waals surface area contributed by atoms with Crippen LogP contribution in [-0.2, 0) is 14.3 Å². The van der Waals surface area contributed by atoms with E-state index in [1.165, 1.54) is 6.92 Å². The lowest BCUT2D eigenvalue weighted by Crippen LogP contribution is -2.14. The lowest BCUT2D eigenvalue weighted by molar-refractivity contribution is -0.150. The highest BCUT2D eigenvalue weighted by atomic mass is 16.5. The molecule has 12 heavy (non-hydrogen) atoms. The van der Waals surface area contributed by atoms with Crippen LogP contribution in [0.15, 0.2) is 11.8 Å². The fourth-order valence-corrected chi connectivity index (χ4v) is 1.09. The minimum absolute atomic E-state index is 0.540. The lowest BCUT2D eigenvalue weighted by atomic mass is 10.1. The summed E-state index contributed by atoms with van der Waals surface area (Å²) in [4.78, 5) is 21.3. The van der Waals surface area contributed by atoms with Gasteiger partial charge in [0.25, 0.3) is 0 Å². The number of hydrogen-bond donors (Lipinski definition) is 0. The smallest absolute Gasteiger partial charge is 0.379 e. The number of ketones is 1. The van der Waals surface area contributed by atoms with E-state index in [-0.39, 0.29) is 0 Å². The summed E-state index contributed by atoms with van der Waals surface area (Å²) in [5, 5.41) is 0. The molecule has 0 heterocycles. The van der Waals surface area contributed by atoms with Crippen molar-refractivity contribution < 1.29 is 14.3 Å². The summed E-state index contributed by atoms with van der Waals surface area (Å²) < 4.78 is 4.83. The average Bonchev–Trinajstić information content (AvgIpc) is 2.06. The Morgan fingerprint density at radius 3 is 2.67 bits per heavy atom. The molecule has 0 N–H and O–H groups in total. The van der Waals surface area contributed by atoms with Crippen molar-refractivity contribution in [1.82, 2.24) is 0 Å². The molecule has 0 amide bonds. The van der Waals surface area contributed by atoms with Gasteiger partial charge < -0.3 is 4.74 Å². The summed E-state index contributed by atoms with van der Waals surface area (Å²) in [6.45, 7) is 1.21. The van der Waals surface area contributed by atoms with E-state index in [1.807, 2.05) is 6.08 Å². The number of carbonyl (C=O) groups excluding carboxylic acids is 2. The van der Waals surface area contributed by atoms with Gasteiger partial charge in [0.1, 0.15) is 5.76 Å². The van der Waals surface area contributed by atoms with E-state index in [0.717, 1.165) is 25.7 Å². The highest BCUT2D eigenvalue weighted by Gasteiger charge is 2.13. The van der Waals surface area contributed by atoms with E-state index in [4.69, 9.17) is 4.74 Å². The van der Waals surface area contributed by atoms with Crippen LogP contribution in [0.2, 0.25) is 0 Å². The van der Waals surface area contributed by atoms with E-state index in [1.54, 1.807) is 0 Å². The Morgan fingerprint density at radius 2 is 2.17 bits per heavy atom. The fraction of sp³-hybridized carbons (Fsp3) is 0.556. The normalized spacial score (nSPS) is 16.6. The van der Waals surface area contributed by atoms with Gasteiger partial charge in [0.2, 0.25) is 5.78 Å². The van der Waals surface area contributed by atoms with Gasteiger partial charge in [-0.3, -0.25) is 4.79 Å². The number of carbonyl (C=O) groups is 2. The van der Waals surface area contributed by atoms with Gasteiger partial charge in [0.15, 0.2) is 0 Å². The number of Topliss-reactive ketones (excluding diaryl/α,β-unsaturated/α-hetero) is 1. The van der Waals surface area contributed by atoms with Crippen molar-refractivity contribution in [2.75, 3.05) is 0 Å². The summed E-state index contributed by atoms with van der Waals surface area (Å²) in [6.07, 6.45) is 5.78. The number of hydrogen-bond acceptors (Lipinski definition) is 3. The molecule has 0 spiro atoms. The first kappa shape index (κ1) is 8.97. The molecule has 1 aliphatic carbocycles. The van der Waals surface area contributed by atoms with Crippen LogP contribution in [0.4, 0.5) is 0 Å². The quantitative estimate of drug-likeness (QED) is 0.464. The third kappa shape index (κ3) is 2.49. The van der Waals surface area contributed by atoms with Crippen LogP contribution in [0.25, 0.3) is 0 Å². The van der Waals surface area contributed by atoms with Gasteiger partial charge in [-0.25, -0.2) is 4.79 Å². The van der Waals surface area contributed by atoms with E-state index in [0.29, 0.717) is 5.76 Å². The SMILES string of the molecule is CC(=O)C(=O)OC1=CCCCC1. The van der Waals surface area contributed by atoms with Gasteiger partial charge in [-0.15, -0.1) is 0 Å². The molecule has 1 aliphatic rings. The third-order valence-corrected chi connectivity index (χ3v) is 1.76. The van der Waals surface area contributed by atoms with Crippen LogP contribution in [0.5, 0.6) is 0 Å². The first-order valence-electron chi connectivity index (χ1n) is 4.12. The molecule has 0 radical (unpaired) electrons. The standard InChI is InChI=1S/C9H12O3/c1-7(10)9(11)12-8-5-3-2-4-6-8/h5H,2-4,6H2,1H3. The molecule has 1 rings (SSSR count). The maximum atomic E-state index is 10.8. The first-order chi connectivity index (χ1) is 5.70. The predicted octanol–water partition coefficient (Wildman–Crippen LogP) is 1.58. The van der Waals surface area contributed by atoms with Crippen molar-refractivity contribution in [3.05, 3.63) is 11.8 Å². The van der Waals surface area contributed by atoms with Gasteiger partial charge in [0.05, 0.1) is 0 Å². The first-order valence-corrected chi connectivity index (χ1v) is 4.12. The second-order valence-electron chi connectivity index (χ2n) is 2.86. The summed E-state index contributed by atoms with van der Waals surface area (Å²) in [5.74, 6) is -0.633. The average molecular weight is 168 g/mol. The summed E-state index contributed by atoms with van der Waals surface area (Å²) in [7, 11) is 0. The van der Waals surface area contributed by atoms with Crippen LogP contribution in [0, 0.1) is 0 Å². The Hall–Kier alpha value is -1.12. The van der Waals surface area contributed by atoms with Gasteiger partial charge in [-0.1, -0.05) is 0 Å². The number of rotatable bonds is 2. The maximum Gasteiger partial charge on any atom is 0.379 e. The molecule has 66 valence electrons. The lowest BCUT2D eigenvalue weighted by Gasteiger charge is -2.11. The molecule has 0 saturated heterocycles. The van der Waals surface area contributed by atoms with Gasteiger partial charge in [0, 0.05) is 13.3 Å². The van der Waals surface area contributed by atoms with Crippen LogP contribution >= 0.6 is 0 Å². The highest BCUT2D eigenvalue weighted by molar-refractivity contribution is 6.32. The van der Waals surface area contributed by atoms with Crippen molar-refractivity contribution in [3.8, 4) is 0 Å². The molecule has 0 aromatic rings. The Bertz CT molecular complexity index is 228. The molecule has 0 unspecified atom stereocenters. The summed E-state index contributed by atoms with van der Waals surface area (Å²) in [6, 6.07) is 0. The highest BCUT2D eigenvalue weighted by Crippen LogP contribution is 2.18. The van der Waals surface area contributed by atoms with E-state index in [2.05, 4.69) is 0 Å². The Morgan fingerprint density at radius 1 is 1.42 bits per heavy atom. The Balaban J connectivity index is 2.44. The molecule has 0 fully saturated rings. The molecule has 3 nitrogen and oxygen atoms in total. The topological polar surface area (TPSA) is 43.4 Å². The van der Waals surface area contributed by atoms with Crippen LogP contribution in [0.3, 0.4) is 0 Å². The molecular weight excluding hydrogens is 156 g/mol. The predicted molar refractivity (Wildman–Crippen MR) is 43.3 cm³/mol. The Kier molecular flexibility index (Phi) is 3.02. The zero-order valence-electron chi connectivity index (χ0n) is 7.13. The molecule has 0 aromatic heterocycles. The maximum absolute atomic E-state index is 10.8. The minimum atomic E-state index is -0.747. The minimum Gasteiger partial charge on any atom is -0.426 e. The van der Waals surface area contributed by atoms with Crippen molar-refractivity contribution in [2.24, 2.45) is 0 Å². The van der Waals surface area contributed by atoms with Crippen molar-refractivity contribution in [3.63, 3.8) is 0 Å². The third-order valence-electron chi connectivity index (χ3n) is 1.76. The van der Waals surface area contributed by atoms with Gasteiger partial charge >= 0.3 is 5.97 Å². The zero-order chi connectivity index (χ0) is 8.97. The summed E-state index contributed by atoms with van der Waals surface area (Å²) in [5.41, 5.74) is 0. The fourth-order valence-electron chi connectivity index (χ4n) is 1.09. The number of ether oxygens (including phenoxy) is 1. The van der Waals surface area contributed by atoms with Crippen molar-refractivity contribution >= 4 is 11.8 Å². The van der Waals surface area contributed by atoms with Crippen LogP contribution in [0.1, 0.15) is 32.6 Å². The van der Waals surface area contributed by atoms with Crippen LogP contribution in [-0.4, -0.2) is 11.8 Å². The van der Waals surface area contributed by atoms with Crippen LogP contribution < -0.4 is 0 Å². The second-order valence-corrected chi connectivity index (χ2v) is 2.86. The molecule has 0 saturated carbocycles. The second kappa shape index (κ2) is 4.04.